The second-order valence-electron chi connectivity index (χ2n) is 4.55. The Morgan fingerprint density at radius 3 is 2.63 bits per heavy atom. The molecule has 0 radical (unpaired) electrons. The molecular formula is C13H13Br2ClN2O. The number of halogens is 3. The number of hydrogen-bond donors (Lipinski definition) is 0. The number of rotatable bonds is 3. The van der Waals surface area contributed by atoms with E-state index in [0.717, 1.165) is 14.8 Å². The first-order chi connectivity index (χ1) is 8.95. The molecule has 1 heterocycles. The Hall–Kier alpha value is -0.390. The van der Waals surface area contributed by atoms with Crippen LogP contribution in [0.3, 0.4) is 0 Å². The average molecular weight is 409 g/mol. The van der Waals surface area contributed by atoms with Gasteiger partial charge in [0.25, 0.3) is 5.56 Å². The van der Waals surface area contributed by atoms with Crippen molar-refractivity contribution >= 4 is 54.4 Å². The molecule has 0 saturated carbocycles. The molecule has 0 unspecified atom stereocenters. The predicted molar refractivity (Wildman–Crippen MR) is 86.2 cm³/mol. The Kier molecular flexibility index (Phi) is 4.69. The molecule has 2 aromatic rings. The molecule has 0 aliphatic carbocycles. The van der Waals surface area contributed by atoms with Gasteiger partial charge in [0.15, 0.2) is 0 Å². The first-order valence-corrected chi connectivity index (χ1v) is 8.03. The van der Waals surface area contributed by atoms with Crippen LogP contribution in [0.25, 0.3) is 10.9 Å². The fourth-order valence-electron chi connectivity index (χ4n) is 2.01. The zero-order chi connectivity index (χ0) is 14.2. The van der Waals surface area contributed by atoms with Crippen molar-refractivity contribution in [2.45, 2.75) is 26.3 Å². The van der Waals surface area contributed by atoms with E-state index >= 15 is 0 Å². The van der Waals surface area contributed by atoms with Crippen molar-refractivity contribution in [2.24, 2.45) is 0 Å². The summed E-state index contributed by atoms with van der Waals surface area (Å²) in [6, 6.07) is 3.69. The minimum Gasteiger partial charge on any atom is -0.295 e. The molecule has 0 fully saturated rings. The summed E-state index contributed by atoms with van der Waals surface area (Å²) in [6.07, 6.45) is 0. The molecule has 2 rings (SSSR count). The summed E-state index contributed by atoms with van der Waals surface area (Å²) in [7, 11) is 0. The predicted octanol–water partition coefficient (Wildman–Crippen LogP) is 4.28. The molecule has 102 valence electrons. The van der Waals surface area contributed by atoms with Gasteiger partial charge in [-0.2, -0.15) is 0 Å². The molecule has 6 heteroatoms. The molecule has 0 amide bonds. The zero-order valence-corrected chi connectivity index (χ0v) is 14.5. The molecule has 19 heavy (non-hydrogen) atoms. The van der Waals surface area contributed by atoms with Crippen molar-refractivity contribution < 1.29 is 0 Å². The van der Waals surface area contributed by atoms with E-state index in [0.29, 0.717) is 23.3 Å². The standard InChI is InChI=1S/C13H13Br2ClN2O/c1-7(2)12-17-11-9(5-8(14)6-10(11)15)13(19)18(12)4-3-16/h5-7H,3-4H2,1-2H3. The molecule has 1 aromatic heterocycles. The third kappa shape index (κ3) is 2.88. The maximum Gasteiger partial charge on any atom is 0.261 e. The largest absolute Gasteiger partial charge is 0.295 e. The van der Waals surface area contributed by atoms with E-state index in [-0.39, 0.29) is 11.5 Å². The van der Waals surface area contributed by atoms with Crippen molar-refractivity contribution in [1.29, 1.82) is 0 Å². The van der Waals surface area contributed by atoms with Crippen LogP contribution in [0, 0.1) is 0 Å². The van der Waals surface area contributed by atoms with Gasteiger partial charge in [0.05, 0.1) is 10.9 Å². The highest BCUT2D eigenvalue weighted by Gasteiger charge is 2.15. The number of benzene rings is 1. The smallest absolute Gasteiger partial charge is 0.261 e. The number of alkyl halides is 1. The van der Waals surface area contributed by atoms with E-state index in [1.807, 2.05) is 19.9 Å². The van der Waals surface area contributed by atoms with Crippen molar-refractivity contribution in [3.8, 4) is 0 Å². The summed E-state index contributed by atoms with van der Waals surface area (Å²) in [6.45, 7) is 4.51. The normalized spacial score (nSPS) is 11.5. The molecule has 3 nitrogen and oxygen atoms in total. The van der Waals surface area contributed by atoms with E-state index in [2.05, 4.69) is 36.8 Å². The third-order valence-electron chi connectivity index (χ3n) is 2.83. The first kappa shape index (κ1) is 15.0. The lowest BCUT2D eigenvalue weighted by atomic mass is 10.1. The number of hydrogen-bond acceptors (Lipinski definition) is 2. The number of aromatic nitrogens is 2. The van der Waals surface area contributed by atoms with Gasteiger partial charge in [0, 0.05) is 27.3 Å². The second-order valence-corrected chi connectivity index (χ2v) is 6.70. The van der Waals surface area contributed by atoms with Crippen LogP contribution < -0.4 is 5.56 Å². The van der Waals surface area contributed by atoms with Crippen LogP contribution in [0.15, 0.2) is 25.9 Å². The Morgan fingerprint density at radius 1 is 1.37 bits per heavy atom. The van der Waals surface area contributed by atoms with Gasteiger partial charge in [-0.15, -0.1) is 11.6 Å². The minimum absolute atomic E-state index is 0.0450. The SMILES string of the molecule is CC(C)c1nc2c(Br)cc(Br)cc2c(=O)n1CCCl. The topological polar surface area (TPSA) is 34.9 Å². The highest BCUT2D eigenvalue weighted by atomic mass is 79.9. The monoisotopic (exact) mass is 406 g/mol. The first-order valence-electron chi connectivity index (χ1n) is 5.91. The fourth-order valence-corrected chi connectivity index (χ4v) is 3.49. The summed E-state index contributed by atoms with van der Waals surface area (Å²) in [4.78, 5) is 17.2. The third-order valence-corrected chi connectivity index (χ3v) is 4.06. The lowest BCUT2D eigenvalue weighted by molar-refractivity contribution is 0.620. The van der Waals surface area contributed by atoms with Crippen molar-refractivity contribution in [1.82, 2.24) is 9.55 Å². The van der Waals surface area contributed by atoms with Crippen LogP contribution in [0.1, 0.15) is 25.6 Å². The van der Waals surface area contributed by atoms with Gasteiger partial charge in [-0.05, 0) is 28.1 Å². The maximum absolute atomic E-state index is 12.6. The van der Waals surface area contributed by atoms with E-state index < -0.39 is 0 Å². The Balaban J connectivity index is 2.89. The van der Waals surface area contributed by atoms with E-state index in [1.54, 1.807) is 10.6 Å². The molecule has 0 bridgehead atoms. The highest BCUT2D eigenvalue weighted by molar-refractivity contribution is 9.11. The molecule has 0 aliphatic heterocycles. The molecule has 0 aliphatic rings. The Morgan fingerprint density at radius 2 is 2.05 bits per heavy atom. The quantitative estimate of drug-likeness (QED) is 0.711. The van der Waals surface area contributed by atoms with E-state index in [1.165, 1.54) is 0 Å². The van der Waals surface area contributed by atoms with Crippen molar-refractivity contribution in [3.05, 3.63) is 37.3 Å². The molecule has 0 spiro atoms. The van der Waals surface area contributed by atoms with Gasteiger partial charge in [-0.1, -0.05) is 29.8 Å². The lowest BCUT2D eigenvalue weighted by Gasteiger charge is -2.15. The summed E-state index contributed by atoms with van der Waals surface area (Å²) in [5.41, 5.74) is 0.652. The minimum atomic E-state index is -0.0450. The Labute approximate surface area is 133 Å². The van der Waals surface area contributed by atoms with Crippen LogP contribution in [0.4, 0.5) is 0 Å². The molecule has 1 aromatic carbocycles. The maximum atomic E-state index is 12.6. The fraction of sp³-hybridized carbons (Fsp3) is 0.385. The van der Waals surface area contributed by atoms with Crippen LogP contribution >= 0.6 is 43.5 Å². The van der Waals surface area contributed by atoms with Crippen LogP contribution in [0.5, 0.6) is 0 Å². The lowest BCUT2D eigenvalue weighted by Crippen LogP contribution is -2.27. The summed E-state index contributed by atoms with van der Waals surface area (Å²) < 4.78 is 3.33. The zero-order valence-electron chi connectivity index (χ0n) is 10.6. The summed E-state index contributed by atoms with van der Waals surface area (Å²) >= 11 is 12.7. The van der Waals surface area contributed by atoms with Gasteiger partial charge in [-0.3, -0.25) is 9.36 Å². The van der Waals surface area contributed by atoms with E-state index in [4.69, 9.17) is 11.6 Å². The second kappa shape index (κ2) is 5.94. The average Bonchev–Trinajstić information content (AvgIpc) is 2.33. The van der Waals surface area contributed by atoms with Gasteiger partial charge in [0.2, 0.25) is 0 Å². The summed E-state index contributed by atoms with van der Waals surface area (Å²) in [5, 5.41) is 0.593. The summed E-state index contributed by atoms with van der Waals surface area (Å²) in [5.74, 6) is 1.32. The molecule has 0 atom stereocenters. The number of nitrogens with zero attached hydrogens (tertiary/aromatic N) is 2. The molecule has 0 saturated heterocycles. The van der Waals surface area contributed by atoms with Gasteiger partial charge in [-0.25, -0.2) is 4.98 Å². The van der Waals surface area contributed by atoms with Crippen LogP contribution in [-0.2, 0) is 6.54 Å². The van der Waals surface area contributed by atoms with Crippen LogP contribution in [-0.4, -0.2) is 15.4 Å². The Bertz CT molecular complexity index is 682. The van der Waals surface area contributed by atoms with Crippen molar-refractivity contribution in [2.75, 3.05) is 5.88 Å². The van der Waals surface area contributed by atoms with Gasteiger partial charge < -0.3 is 0 Å². The highest BCUT2D eigenvalue weighted by Crippen LogP contribution is 2.26. The van der Waals surface area contributed by atoms with Crippen molar-refractivity contribution in [3.63, 3.8) is 0 Å². The van der Waals surface area contributed by atoms with E-state index in [9.17, 15) is 4.79 Å². The number of fused-ring (bicyclic) bond motifs is 1. The molecule has 0 N–H and O–H groups in total. The van der Waals surface area contributed by atoms with Gasteiger partial charge in [0.1, 0.15) is 5.82 Å². The van der Waals surface area contributed by atoms with Gasteiger partial charge >= 0.3 is 0 Å². The van der Waals surface area contributed by atoms with Crippen LogP contribution in [0.2, 0.25) is 0 Å². The molecular weight excluding hydrogens is 395 g/mol.